The highest BCUT2D eigenvalue weighted by molar-refractivity contribution is 6.37. The van der Waals surface area contributed by atoms with Gasteiger partial charge in [-0.3, -0.25) is 9.59 Å². The normalized spacial score (nSPS) is 12.0. The van der Waals surface area contributed by atoms with Gasteiger partial charge in [-0.15, -0.1) is 5.10 Å². The van der Waals surface area contributed by atoms with E-state index >= 15 is 0 Å². The molecule has 24 heavy (non-hydrogen) atoms. The molecule has 0 aliphatic rings. The lowest BCUT2D eigenvalue weighted by atomic mass is 10.2. The molecular weight excluding hydrogens is 355 g/mol. The molecule has 1 aromatic heterocycles. The van der Waals surface area contributed by atoms with Gasteiger partial charge in [-0.1, -0.05) is 36.2 Å². The van der Waals surface area contributed by atoms with E-state index < -0.39 is 17.8 Å². The fraction of sp³-hybridized carbons (Fsp3) is 0.333. The smallest absolute Gasteiger partial charge is 0.308 e. The minimum absolute atomic E-state index is 0.0502. The van der Waals surface area contributed by atoms with Crippen LogP contribution in [0.5, 0.6) is 0 Å². The quantitative estimate of drug-likeness (QED) is 0.873. The molecule has 0 radical (unpaired) electrons. The molecule has 1 amide bonds. The van der Waals surface area contributed by atoms with Gasteiger partial charge in [-0.05, 0) is 19.1 Å². The molecule has 1 aromatic carbocycles. The number of carbonyl (C=O) groups is 2. The van der Waals surface area contributed by atoms with E-state index in [-0.39, 0.29) is 12.4 Å². The first-order valence-corrected chi connectivity index (χ1v) is 7.84. The third-order valence-corrected chi connectivity index (χ3v) is 4.04. The summed E-state index contributed by atoms with van der Waals surface area (Å²) in [5.74, 6) is -1.77. The Morgan fingerprint density at radius 1 is 1.33 bits per heavy atom. The van der Waals surface area contributed by atoms with E-state index in [1.165, 1.54) is 23.6 Å². The van der Waals surface area contributed by atoms with E-state index in [1.807, 2.05) is 0 Å². The number of carbonyl (C=O) groups excluding carboxylic acids is 1. The number of para-hydroxylation sites is 1. The number of carboxylic acid groups (broad SMARTS) is 1. The van der Waals surface area contributed by atoms with Gasteiger partial charge < -0.3 is 10.0 Å². The second-order valence-electron chi connectivity index (χ2n) is 5.39. The van der Waals surface area contributed by atoms with Crippen molar-refractivity contribution < 1.29 is 14.7 Å². The minimum Gasteiger partial charge on any atom is -0.481 e. The Morgan fingerprint density at radius 3 is 2.46 bits per heavy atom. The molecule has 0 aliphatic heterocycles. The van der Waals surface area contributed by atoms with Gasteiger partial charge >= 0.3 is 5.97 Å². The van der Waals surface area contributed by atoms with Gasteiger partial charge in [0.2, 0.25) is 5.82 Å². The van der Waals surface area contributed by atoms with Crippen LogP contribution in [0.2, 0.25) is 10.0 Å². The van der Waals surface area contributed by atoms with Crippen LogP contribution in [-0.2, 0) is 4.79 Å². The van der Waals surface area contributed by atoms with Gasteiger partial charge in [-0.2, -0.15) is 0 Å². The number of amides is 1. The summed E-state index contributed by atoms with van der Waals surface area (Å²) >= 11 is 12.3. The topological polar surface area (TPSA) is 88.3 Å². The number of hydrogen-bond acceptors (Lipinski definition) is 4. The first-order chi connectivity index (χ1) is 11.2. The van der Waals surface area contributed by atoms with E-state index in [9.17, 15) is 9.59 Å². The van der Waals surface area contributed by atoms with Crippen LogP contribution in [0.25, 0.3) is 5.69 Å². The van der Waals surface area contributed by atoms with Crippen molar-refractivity contribution in [3.8, 4) is 5.69 Å². The van der Waals surface area contributed by atoms with Gasteiger partial charge in [0.15, 0.2) is 0 Å². The summed E-state index contributed by atoms with van der Waals surface area (Å²) in [4.78, 5) is 28.7. The third-order valence-electron chi connectivity index (χ3n) is 3.43. The summed E-state index contributed by atoms with van der Waals surface area (Å²) in [6, 6.07) is 5.02. The lowest BCUT2D eigenvalue weighted by Gasteiger charge is -2.17. The van der Waals surface area contributed by atoms with Crippen LogP contribution >= 0.6 is 23.2 Å². The van der Waals surface area contributed by atoms with E-state index in [4.69, 9.17) is 28.3 Å². The maximum Gasteiger partial charge on any atom is 0.308 e. The largest absolute Gasteiger partial charge is 0.481 e. The number of nitrogens with zero attached hydrogens (tertiary/aromatic N) is 4. The van der Waals surface area contributed by atoms with Crippen molar-refractivity contribution in [1.82, 2.24) is 19.7 Å². The number of halogens is 2. The molecule has 0 saturated carbocycles. The zero-order chi connectivity index (χ0) is 18.0. The summed E-state index contributed by atoms with van der Waals surface area (Å²) < 4.78 is 1.40. The summed E-state index contributed by atoms with van der Waals surface area (Å²) in [5.41, 5.74) is 0.437. The van der Waals surface area contributed by atoms with Gasteiger partial charge in [0.05, 0.1) is 16.0 Å². The molecule has 128 valence electrons. The van der Waals surface area contributed by atoms with Crippen molar-refractivity contribution in [2.24, 2.45) is 5.92 Å². The highest BCUT2D eigenvalue weighted by Crippen LogP contribution is 2.28. The molecule has 2 aromatic rings. The molecule has 7 nitrogen and oxygen atoms in total. The molecular formula is C15H16Cl2N4O3. The number of benzene rings is 1. The highest BCUT2D eigenvalue weighted by atomic mass is 35.5. The standard InChI is InChI=1S/C15H16Cl2N4O3/c1-8(15(23)24)7-20(3)14(22)13-18-9(2)21(19-13)12-10(16)5-4-6-11(12)17/h4-6,8H,7H2,1-3H3,(H,23,24). The first kappa shape index (κ1) is 18.2. The summed E-state index contributed by atoms with van der Waals surface area (Å²) in [7, 11) is 1.50. The zero-order valence-corrected chi connectivity index (χ0v) is 14.8. The number of carboxylic acids is 1. The molecule has 0 spiro atoms. The average Bonchev–Trinajstić information content (AvgIpc) is 2.88. The van der Waals surface area contributed by atoms with E-state index in [2.05, 4.69) is 10.1 Å². The fourth-order valence-corrected chi connectivity index (χ4v) is 2.68. The maximum absolute atomic E-state index is 12.4. The van der Waals surface area contributed by atoms with Gasteiger partial charge in [-0.25, -0.2) is 9.67 Å². The van der Waals surface area contributed by atoms with E-state index in [0.29, 0.717) is 21.6 Å². The maximum atomic E-state index is 12.4. The number of aliphatic carboxylic acids is 1. The summed E-state index contributed by atoms with van der Waals surface area (Å²) in [6.45, 7) is 3.24. The Labute approximate surface area is 148 Å². The van der Waals surface area contributed by atoms with Crippen molar-refractivity contribution in [3.63, 3.8) is 0 Å². The summed E-state index contributed by atoms with van der Waals surface area (Å²) in [5, 5.41) is 13.9. The van der Waals surface area contributed by atoms with E-state index in [1.54, 1.807) is 25.1 Å². The fourth-order valence-electron chi connectivity index (χ4n) is 2.13. The predicted molar refractivity (Wildman–Crippen MR) is 89.9 cm³/mol. The van der Waals surface area contributed by atoms with Crippen molar-refractivity contribution >= 4 is 35.1 Å². The van der Waals surface area contributed by atoms with Crippen molar-refractivity contribution in [1.29, 1.82) is 0 Å². The number of aryl methyl sites for hydroxylation is 1. The number of aromatic nitrogens is 3. The van der Waals surface area contributed by atoms with Crippen LogP contribution in [0.4, 0.5) is 0 Å². The van der Waals surface area contributed by atoms with Crippen LogP contribution < -0.4 is 0 Å². The van der Waals surface area contributed by atoms with Crippen LogP contribution in [0.3, 0.4) is 0 Å². The second-order valence-corrected chi connectivity index (χ2v) is 6.20. The molecule has 1 N–H and O–H groups in total. The molecule has 0 saturated heterocycles. The number of rotatable bonds is 5. The van der Waals surface area contributed by atoms with Gasteiger partial charge in [0.1, 0.15) is 11.5 Å². The molecule has 9 heteroatoms. The molecule has 0 bridgehead atoms. The first-order valence-electron chi connectivity index (χ1n) is 7.08. The Bertz CT molecular complexity index is 771. The van der Waals surface area contributed by atoms with Gasteiger partial charge in [0, 0.05) is 13.6 Å². The Hall–Kier alpha value is -2.12. The van der Waals surface area contributed by atoms with Crippen molar-refractivity contribution in [2.45, 2.75) is 13.8 Å². The molecule has 1 heterocycles. The Morgan fingerprint density at radius 2 is 1.92 bits per heavy atom. The van der Waals surface area contributed by atoms with Crippen molar-refractivity contribution in [2.75, 3.05) is 13.6 Å². The third kappa shape index (κ3) is 3.68. The molecule has 1 atom stereocenters. The SMILES string of the molecule is Cc1nc(C(=O)N(C)CC(C)C(=O)O)nn1-c1c(Cl)cccc1Cl. The molecule has 0 aliphatic carbocycles. The van der Waals surface area contributed by atoms with Crippen molar-refractivity contribution in [3.05, 3.63) is 39.9 Å². The molecule has 1 unspecified atom stereocenters. The van der Waals surface area contributed by atoms with Crippen LogP contribution in [0, 0.1) is 12.8 Å². The molecule has 2 rings (SSSR count). The zero-order valence-electron chi connectivity index (χ0n) is 13.3. The Kier molecular flexibility index (Phi) is 5.46. The van der Waals surface area contributed by atoms with Crippen LogP contribution in [-0.4, -0.2) is 50.2 Å². The Balaban J connectivity index is 2.32. The molecule has 0 fully saturated rings. The summed E-state index contributed by atoms with van der Waals surface area (Å²) in [6.07, 6.45) is 0. The van der Waals surface area contributed by atoms with Crippen LogP contribution in [0.15, 0.2) is 18.2 Å². The number of hydrogen-bond donors (Lipinski definition) is 1. The van der Waals surface area contributed by atoms with E-state index in [0.717, 1.165) is 0 Å². The van der Waals surface area contributed by atoms with Gasteiger partial charge in [0.25, 0.3) is 5.91 Å². The lowest BCUT2D eigenvalue weighted by Crippen LogP contribution is -2.34. The average molecular weight is 371 g/mol. The monoisotopic (exact) mass is 370 g/mol. The minimum atomic E-state index is -0.979. The highest BCUT2D eigenvalue weighted by Gasteiger charge is 2.23. The van der Waals surface area contributed by atoms with Crippen LogP contribution in [0.1, 0.15) is 23.4 Å². The predicted octanol–water partition coefficient (Wildman–Crippen LogP) is 2.68. The lowest BCUT2D eigenvalue weighted by molar-refractivity contribution is -0.141. The second kappa shape index (κ2) is 7.19.